The fourth-order valence-electron chi connectivity index (χ4n) is 3.69. The van der Waals surface area contributed by atoms with Crippen molar-refractivity contribution in [1.82, 2.24) is 0 Å². The van der Waals surface area contributed by atoms with Gasteiger partial charge in [-0.1, -0.05) is 19.8 Å². The van der Waals surface area contributed by atoms with E-state index in [1.54, 1.807) is 21.0 Å². The summed E-state index contributed by atoms with van der Waals surface area (Å²) in [4.78, 5) is 15.0. The van der Waals surface area contributed by atoms with E-state index in [9.17, 15) is 14.3 Å². The van der Waals surface area contributed by atoms with Crippen LogP contribution in [0.25, 0.3) is 0 Å². The standard InChI is InChI=1S/C25H32FNO3S2/c1-5-6-7-17-14-27(20-10-8-19(26)9-11-20)21-13-22(30-4)18(12-23(21)31-15-17)16-32-25(2,3)24(28)29/h8-13,17H,5-7,14-16H2,1-4H3,(H,28,29). The van der Waals surface area contributed by atoms with Crippen LogP contribution in [0.3, 0.4) is 0 Å². The maximum Gasteiger partial charge on any atom is 0.319 e. The van der Waals surface area contributed by atoms with Crippen LogP contribution in [0.2, 0.25) is 0 Å². The molecule has 0 saturated heterocycles. The Morgan fingerprint density at radius 2 is 2.03 bits per heavy atom. The number of halogens is 1. The van der Waals surface area contributed by atoms with E-state index in [-0.39, 0.29) is 5.82 Å². The van der Waals surface area contributed by atoms with E-state index in [0.717, 1.165) is 46.3 Å². The van der Waals surface area contributed by atoms with Crippen LogP contribution in [-0.2, 0) is 10.5 Å². The van der Waals surface area contributed by atoms with Crippen molar-refractivity contribution in [3.63, 3.8) is 0 Å². The van der Waals surface area contributed by atoms with Crippen LogP contribution in [0.15, 0.2) is 41.3 Å². The third-order valence-corrected chi connectivity index (χ3v) is 8.40. The summed E-state index contributed by atoms with van der Waals surface area (Å²) in [5.74, 6) is 1.76. The van der Waals surface area contributed by atoms with Crippen molar-refractivity contribution >= 4 is 40.9 Å². The number of carboxylic acids is 1. The van der Waals surface area contributed by atoms with E-state index in [1.165, 1.54) is 36.7 Å². The number of methoxy groups -OCH3 is 1. The number of benzene rings is 2. The van der Waals surface area contributed by atoms with E-state index in [0.29, 0.717) is 11.7 Å². The van der Waals surface area contributed by atoms with E-state index in [4.69, 9.17) is 4.74 Å². The molecule has 1 heterocycles. The van der Waals surface area contributed by atoms with Crippen LogP contribution in [0.5, 0.6) is 5.75 Å². The molecule has 2 aromatic rings. The fourth-order valence-corrected chi connectivity index (χ4v) is 5.79. The second-order valence-electron chi connectivity index (χ2n) is 8.64. The zero-order valence-corrected chi connectivity index (χ0v) is 20.8. The highest BCUT2D eigenvalue weighted by molar-refractivity contribution is 8.00. The van der Waals surface area contributed by atoms with Crippen molar-refractivity contribution in [2.45, 2.75) is 55.4 Å². The maximum atomic E-state index is 13.6. The van der Waals surface area contributed by atoms with E-state index in [2.05, 4.69) is 24.0 Å². The summed E-state index contributed by atoms with van der Waals surface area (Å²) in [6, 6.07) is 10.9. The highest BCUT2D eigenvalue weighted by Crippen LogP contribution is 2.45. The van der Waals surface area contributed by atoms with Gasteiger partial charge in [-0.2, -0.15) is 0 Å². The minimum Gasteiger partial charge on any atom is -0.496 e. The van der Waals surface area contributed by atoms with Crippen molar-refractivity contribution in [2.24, 2.45) is 5.92 Å². The molecule has 0 saturated carbocycles. The number of thioether (sulfide) groups is 2. The number of carboxylic acid groups (broad SMARTS) is 1. The topological polar surface area (TPSA) is 49.8 Å². The lowest BCUT2D eigenvalue weighted by Crippen LogP contribution is -2.27. The number of anilines is 2. The zero-order chi connectivity index (χ0) is 23.3. The summed E-state index contributed by atoms with van der Waals surface area (Å²) in [6.07, 6.45) is 3.51. The molecule has 0 fully saturated rings. The molecule has 0 bridgehead atoms. The molecule has 0 aliphatic carbocycles. The van der Waals surface area contributed by atoms with Crippen LogP contribution in [0, 0.1) is 11.7 Å². The third kappa shape index (κ3) is 5.93. The fraction of sp³-hybridized carbons (Fsp3) is 0.480. The lowest BCUT2D eigenvalue weighted by molar-refractivity contribution is -0.138. The van der Waals surface area contributed by atoms with E-state index < -0.39 is 10.7 Å². The van der Waals surface area contributed by atoms with Crippen molar-refractivity contribution in [2.75, 3.05) is 24.3 Å². The van der Waals surface area contributed by atoms with Crippen LogP contribution in [0.4, 0.5) is 15.8 Å². The molecule has 0 spiro atoms. The van der Waals surface area contributed by atoms with Crippen molar-refractivity contribution in [3.05, 3.63) is 47.8 Å². The molecule has 32 heavy (non-hydrogen) atoms. The minimum absolute atomic E-state index is 0.244. The Kier molecular flexibility index (Phi) is 8.39. The molecule has 0 amide bonds. The summed E-state index contributed by atoms with van der Waals surface area (Å²) >= 11 is 3.24. The van der Waals surface area contributed by atoms with Gasteiger partial charge in [-0.05, 0) is 56.5 Å². The molecule has 1 aliphatic rings. The molecule has 4 nitrogen and oxygen atoms in total. The number of ether oxygens (including phenoxy) is 1. The van der Waals surface area contributed by atoms with Gasteiger partial charge in [-0.15, -0.1) is 23.5 Å². The molecule has 1 N–H and O–H groups in total. The van der Waals surface area contributed by atoms with Crippen LogP contribution in [0.1, 0.15) is 45.6 Å². The molecule has 1 atom stereocenters. The van der Waals surface area contributed by atoms with Gasteiger partial charge in [0.15, 0.2) is 0 Å². The third-order valence-electron chi connectivity index (χ3n) is 5.78. The monoisotopic (exact) mass is 477 g/mol. The highest BCUT2D eigenvalue weighted by Gasteiger charge is 2.29. The number of hydrogen-bond donors (Lipinski definition) is 1. The Morgan fingerprint density at radius 3 is 2.66 bits per heavy atom. The first-order valence-corrected chi connectivity index (χ1v) is 13.0. The smallest absolute Gasteiger partial charge is 0.319 e. The van der Waals surface area contributed by atoms with Crippen molar-refractivity contribution in [1.29, 1.82) is 0 Å². The van der Waals surface area contributed by atoms with Gasteiger partial charge in [-0.3, -0.25) is 4.79 Å². The van der Waals surface area contributed by atoms with Gasteiger partial charge in [0.2, 0.25) is 0 Å². The first-order valence-electron chi connectivity index (χ1n) is 11.0. The number of nitrogens with zero attached hydrogens (tertiary/aromatic N) is 1. The van der Waals surface area contributed by atoms with Crippen molar-refractivity contribution in [3.8, 4) is 5.75 Å². The average molecular weight is 478 g/mol. The molecule has 0 radical (unpaired) electrons. The van der Waals surface area contributed by atoms with Crippen molar-refractivity contribution < 1.29 is 19.0 Å². The van der Waals surface area contributed by atoms with Gasteiger partial charge >= 0.3 is 5.97 Å². The predicted octanol–water partition coefficient (Wildman–Crippen LogP) is 6.98. The predicted molar refractivity (Wildman–Crippen MR) is 133 cm³/mol. The second kappa shape index (κ2) is 10.8. The molecule has 2 aromatic carbocycles. The molecule has 3 rings (SSSR count). The molecule has 174 valence electrons. The van der Waals surface area contributed by atoms with E-state index >= 15 is 0 Å². The average Bonchev–Trinajstić information content (AvgIpc) is 2.95. The number of fused-ring (bicyclic) bond motifs is 1. The lowest BCUT2D eigenvalue weighted by atomic mass is 10.0. The number of hydrogen-bond acceptors (Lipinski definition) is 5. The Morgan fingerprint density at radius 1 is 1.31 bits per heavy atom. The first kappa shape index (κ1) is 24.8. The largest absolute Gasteiger partial charge is 0.496 e. The quantitative estimate of drug-likeness (QED) is 0.420. The number of aliphatic carboxylic acids is 1. The molecular formula is C25H32FNO3S2. The minimum atomic E-state index is -0.879. The molecule has 7 heteroatoms. The highest BCUT2D eigenvalue weighted by atomic mass is 32.2. The Labute approximate surface area is 198 Å². The van der Waals surface area contributed by atoms with Gasteiger partial charge in [0.1, 0.15) is 16.3 Å². The maximum absolute atomic E-state index is 13.6. The summed E-state index contributed by atoms with van der Waals surface area (Å²) < 4.78 is 18.4. The van der Waals surface area contributed by atoms with Crippen LogP contribution in [-0.4, -0.2) is 35.2 Å². The molecular weight excluding hydrogens is 445 g/mol. The van der Waals surface area contributed by atoms with Gasteiger partial charge in [-0.25, -0.2) is 4.39 Å². The van der Waals surface area contributed by atoms with Gasteiger partial charge in [0.25, 0.3) is 0 Å². The number of carbonyl (C=O) groups is 1. The summed E-state index contributed by atoms with van der Waals surface area (Å²) in [5, 5.41) is 9.47. The van der Waals surface area contributed by atoms with Gasteiger partial charge < -0.3 is 14.7 Å². The van der Waals surface area contributed by atoms with Gasteiger partial charge in [0, 0.05) is 40.3 Å². The Bertz CT molecular complexity index is 934. The lowest BCUT2D eigenvalue weighted by Gasteiger charge is -2.28. The van der Waals surface area contributed by atoms with Crippen LogP contribution >= 0.6 is 23.5 Å². The Hall–Kier alpha value is -1.86. The summed E-state index contributed by atoms with van der Waals surface area (Å²) in [7, 11) is 1.65. The number of unbranched alkanes of at least 4 members (excludes halogenated alkanes) is 1. The first-order chi connectivity index (χ1) is 15.2. The SMILES string of the molecule is CCCCC1CSc2cc(CSC(C)(C)C(=O)O)c(OC)cc2N(c2ccc(F)cc2)C1. The zero-order valence-electron chi connectivity index (χ0n) is 19.2. The number of rotatable bonds is 9. The summed E-state index contributed by atoms with van der Waals surface area (Å²) in [6.45, 7) is 6.53. The molecule has 1 aliphatic heterocycles. The van der Waals surface area contributed by atoms with Crippen LogP contribution < -0.4 is 9.64 Å². The van der Waals surface area contributed by atoms with Gasteiger partial charge in [0.05, 0.1) is 12.8 Å². The Balaban J connectivity index is 1.98. The normalized spacial score (nSPS) is 16.4. The second-order valence-corrected chi connectivity index (χ2v) is 11.3. The molecule has 0 aromatic heterocycles. The molecule has 1 unspecified atom stereocenters. The van der Waals surface area contributed by atoms with E-state index in [1.807, 2.05) is 23.9 Å². The summed E-state index contributed by atoms with van der Waals surface area (Å²) in [5.41, 5.74) is 3.01.